The van der Waals surface area contributed by atoms with E-state index in [1.54, 1.807) is 0 Å². The Morgan fingerprint density at radius 1 is 0.357 bits per heavy atom. The summed E-state index contributed by atoms with van der Waals surface area (Å²) in [6.45, 7) is 0. The second-order valence-corrected chi connectivity index (χ2v) is 3.53. The van der Waals surface area contributed by atoms with Gasteiger partial charge in [0, 0.05) is 0 Å². The van der Waals surface area contributed by atoms with Crippen LogP contribution in [0.4, 0.5) is 0 Å². The second-order valence-electron chi connectivity index (χ2n) is 3.53. The highest BCUT2D eigenvalue weighted by Gasteiger charge is 1.80. The third-order valence-electron chi connectivity index (χ3n) is 2.22. The van der Waals surface area contributed by atoms with Gasteiger partial charge in [0.25, 0.3) is 0 Å². The minimum Gasteiger partial charge on any atom is -0.0882 e. The lowest BCUT2D eigenvalue weighted by molar-refractivity contribution is 0.983. The SMILES string of the molecule is C1=CCC/C=C\CC/C=C/CCC=C1. The van der Waals surface area contributed by atoms with E-state index in [1.807, 2.05) is 0 Å². The molecular formula is C14H20. The molecule has 14 heavy (non-hydrogen) atoms. The first-order valence-electron chi connectivity index (χ1n) is 5.62. The molecule has 0 saturated carbocycles. The quantitative estimate of drug-likeness (QED) is 0.489. The first-order valence-corrected chi connectivity index (χ1v) is 5.62. The van der Waals surface area contributed by atoms with Crippen LogP contribution >= 0.6 is 0 Å². The molecule has 0 aromatic rings. The first-order chi connectivity index (χ1) is 7.00. The zero-order valence-corrected chi connectivity index (χ0v) is 8.86. The third-order valence-corrected chi connectivity index (χ3v) is 2.22. The highest BCUT2D eigenvalue weighted by molar-refractivity contribution is 5.04. The van der Waals surface area contributed by atoms with Crippen molar-refractivity contribution in [3.8, 4) is 0 Å². The van der Waals surface area contributed by atoms with Crippen LogP contribution in [0.15, 0.2) is 48.6 Å². The fourth-order valence-corrected chi connectivity index (χ4v) is 1.40. The van der Waals surface area contributed by atoms with Crippen molar-refractivity contribution in [2.75, 3.05) is 0 Å². The topological polar surface area (TPSA) is 0 Å². The summed E-state index contributed by atoms with van der Waals surface area (Å²) in [6.07, 6.45) is 25.0. The van der Waals surface area contributed by atoms with Gasteiger partial charge in [-0.15, -0.1) is 0 Å². The molecule has 0 heterocycles. The van der Waals surface area contributed by atoms with Gasteiger partial charge in [0.1, 0.15) is 0 Å². The van der Waals surface area contributed by atoms with E-state index in [1.165, 1.54) is 25.7 Å². The van der Waals surface area contributed by atoms with Crippen LogP contribution in [0.2, 0.25) is 0 Å². The summed E-state index contributed by atoms with van der Waals surface area (Å²) in [5, 5.41) is 0. The molecule has 0 N–H and O–H groups in total. The number of rotatable bonds is 0. The van der Waals surface area contributed by atoms with E-state index in [9.17, 15) is 0 Å². The number of allylic oxidation sites excluding steroid dienone is 8. The van der Waals surface area contributed by atoms with E-state index in [4.69, 9.17) is 0 Å². The van der Waals surface area contributed by atoms with Gasteiger partial charge in [-0.3, -0.25) is 0 Å². The van der Waals surface area contributed by atoms with Crippen LogP contribution < -0.4 is 0 Å². The maximum Gasteiger partial charge on any atom is -0.0313 e. The molecular weight excluding hydrogens is 168 g/mol. The normalized spacial score (nSPS) is 24.0. The molecule has 0 fully saturated rings. The van der Waals surface area contributed by atoms with Crippen molar-refractivity contribution in [1.29, 1.82) is 0 Å². The lowest BCUT2D eigenvalue weighted by Gasteiger charge is -1.90. The molecule has 0 nitrogen and oxygen atoms in total. The molecule has 0 aromatic carbocycles. The average molecular weight is 188 g/mol. The van der Waals surface area contributed by atoms with E-state index >= 15 is 0 Å². The number of hydrogen-bond acceptors (Lipinski definition) is 0. The van der Waals surface area contributed by atoms with Crippen molar-refractivity contribution in [3.63, 3.8) is 0 Å². The van der Waals surface area contributed by atoms with Gasteiger partial charge in [-0.25, -0.2) is 0 Å². The van der Waals surface area contributed by atoms with Gasteiger partial charge in [-0.05, 0) is 38.5 Å². The van der Waals surface area contributed by atoms with Gasteiger partial charge >= 0.3 is 0 Å². The fraction of sp³-hybridized carbons (Fsp3) is 0.429. The Hall–Kier alpha value is -1.04. The minimum absolute atomic E-state index is 1.16. The second kappa shape index (κ2) is 8.55. The Kier molecular flexibility index (Phi) is 6.74. The van der Waals surface area contributed by atoms with Gasteiger partial charge in [-0.2, -0.15) is 0 Å². The molecule has 0 amide bonds. The molecule has 1 aliphatic carbocycles. The lowest BCUT2D eigenvalue weighted by atomic mass is 10.2. The minimum atomic E-state index is 1.16. The van der Waals surface area contributed by atoms with Crippen molar-refractivity contribution >= 4 is 0 Å². The van der Waals surface area contributed by atoms with Crippen molar-refractivity contribution in [2.45, 2.75) is 38.5 Å². The van der Waals surface area contributed by atoms with E-state index in [2.05, 4.69) is 48.6 Å². The largest absolute Gasteiger partial charge is 0.0882 e. The third kappa shape index (κ3) is 6.47. The highest BCUT2D eigenvalue weighted by atomic mass is 13.9. The summed E-state index contributed by atoms with van der Waals surface area (Å²) in [4.78, 5) is 0. The predicted octanol–water partition coefficient (Wildman–Crippen LogP) is 4.57. The van der Waals surface area contributed by atoms with Crippen LogP contribution in [-0.4, -0.2) is 0 Å². The van der Waals surface area contributed by atoms with Crippen LogP contribution in [0.5, 0.6) is 0 Å². The van der Waals surface area contributed by atoms with Crippen molar-refractivity contribution < 1.29 is 0 Å². The molecule has 0 bridgehead atoms. The van der Waals surface area contributed by atoms with Crippen LogP contribution in [0, 0.1) is 0 Å². The molecule has 0 atom stereocenters. The van der Waals surface area contributed by atoms with E-state index in [0.29, 0.717) is 0 Å². The zero-order chi connectivity index (χ0) is 9.90. The van der Waals surface area contributed by atoms with Crippen LogP contribution in [0.1, 0.15) is 38.5 Å². The molecule has 0 spiro atoms. The van der Waals surface area contributed by atoms with E-state index in [-0.39, 0.29) is 0 Å². The van der Waals surface area contributed by atoms with Gasteiger partial charge in [0.2, 0.25) is 0 Å². The monoisotopic (exact) mass is 188 g/mol. The summed E-state index contributed by atoms with van der Waals surface area (Å²) in [6, 6.07) is 0. The average Bonchev–Trinajstić information content (AvgIpc) is 2.22. The van der Waals surface area contributed by atoms with Crippen molar-refractivity contribution in [2.24, 2.45) is 0 Å². The van der Waals surface area contributed by atoms with Crippen molar-refractivity contribution in [1.82, 2.24) is 0 Å². The maximum absolute atomic E-state index is 2.29. The zero-order valence-electron chi connectivity index (χ0n) is 8.86. The summed E-state index contributed by atoms with van der Waals surface area (Å²) in [5.74, 6) is 0. The van der Waals surface area contributed by atoms with Crippen LogP contribution in [0.3, 0.4) is 0 Å². The molecule has 0 radical (unpaired) electrons. The molecule has 0 heteroatoms. The lowest BCUT2D eigenvalue weighted by Crippen LogP contribution is -1.70. The van der Waals surface area contributed by atoms with Gasteiger partial charge in [-0.1, -0.05) is 48.6 Å². The number of hydrogen-bond donors (Lipinski definition) is 0. The summed E-state index contributed by atoms with van der Waals surface area (Å²) < 4.78 is 0. The summed E-state index contributed by atoms with van der Waals surface area (Å²) in [5.41, 5.74) is 0. The Morgan fingerprint density at radius 3 is 1.00 bits per heavy atom. The Morgan fingerprint density at radius 2 is 0.643 bits per heavy atom. The Bertz CT molecular complexity index is 202. The van der Waals surface area contributed by atoms with Gasteiger partial charge in [0.15, 0.2) is 0 Å². The Labute approximate surface area is 87.7 Å². The van der Waals surface area contributed by atoms with E-state index in [0.717, 1.165) is 12.8 Å². The highest BCUT2D eigenvalue weighted by Crippen LogP contribution is 2.01. The summed E-state index contributed by atoms with van der Waals surface area (Å²) in [7, 11) is 0. The molecule has 1 rings (SSSR count). The maximum atomic E-state index is 2.29. The fourth-order valence-electron chi connectivity index (χ4n) is 1.40. The Balaban J connectivity index is 2.34. The molecule has 0 aromatic heterocycles. The molecule has 1 aliphatic rings. The molecule has 0 unspecified atom stereocenters. The van der Waals surface area contributed by atoms with Crippen LogP contribution in [0.25, 0.3) is 0 Å². The molecule has 0 saturated heterocycles. The van der Waals surface area contributed by atoms with Gasteiger partial charge < -0.3 is 0 Å². The van der Waals surface area contributed by atoms with Gasteiger partial charge in [0.05, 0.1) is 0 Å². The standard InChI is InChI=1S/C14H20/c1-2-4-6-8-10-12-14-13-11-9-7-5-3-1/h1-4,9-12H,5-8,13-14H2/b3-1?,4-2?,11-9-,12-10+. The van der Waals surface area contributed by atoms with E-state index < -0.39 is 0 Å². The first kappa shape index (κ1) is 11.0. The predicted molar refractivity (Wildman–Crippen MR) is 64.3 cm³/mol. The van der Waals surface area contributed by atoms with Crippen molar-refractivity contribution in [3.05, 3.63) is 48.6 Å². The smallest absolute Gasteiger partial charge is 0.0313 e. The summed E-state index contributed by atoms with van der Waals surface area (Å²) >= 11 is 0. The molecule has 76 valence electrons. The molecule has 0 aliphatic heterocycles. The van der Waals surface area contributed by atoms with Crippen LogP contribution in [-0.2, 0) is 0 Å².